The van der Waals surface area contributed by atoms with Gasteiger partial charge in [-0.3, -0.25) is 4.79 Å². The van der Waals surface area contributed by atoms with Crippen molar-refractivity contribution in [2.24, 2.45) is 0 Å². The van der Waals surface area contributed by atoms with Crippen molar-refractivity contribution in [1.29, 1.82) is 0 Å². The summed E-state index contributed by atoms with van der Waals surface area (Å²) in [5.41, 5.74) is 0.461. The van der Waals surface area contributed by atoms with E-state index in [1.165, 1.54) is 25.8 Å². The second-order valence-electron chi connectivity index (χ2n) is 2.48. The number of hydrogen-bond acceptors (Lipinski definition) is 5. The molecular weight excluding hydrogens is 192 g/mol. The zero-order valence-corrected chi connectivity index (χ0v) is 8.27. The summed E-state index contributed by atoms with van der Waals surface area (Å²) in [7, 11) is 1.31. The maximum atomic E-state index is 11.1. The van der Waals surface area contributed by atoms with Crippen LogP contribution in [-0.2, 0) is 19.1 Å². The molecule has 0 aromatic carbocycles. The largest absolute Gasteiger partial charge is 0.466 e. The van der Waals surface area contributed by atoms with E-state index >= 15 is 0 Å². The fourth-order valence-electron chi connectivity index (χ4n) is 0.974. The van der Waals surface area contributed by atoms with Gasteiger partial charge < -0.3 is 9.47 Å². The fraction of sp³-hybridized carbons (Fsp3) is 0.500. The van der Waals surface area contributed by atoms with E-state index in [1.54, 1.807) is 0 Å². The predicted molar refractivity (Wildman–Crippen MR) is 48.1 cm³/mol. The standard InChI is InChI=1S/C8H10O4S/c1-5(9)12-7-4-13-3-6(7)8(10)11-2/h3-4H2,1-2H3. The zero-order chi connectivity index (χ0) is 9.84. The van der Waals surface area contributed by atoms with Crippen LogP contribution in [0.4, 0.5) is 0 Å². The second-order valence-corrected chi connectivity index (χ2v) is 3.47. The fourth-order valence-corrected chi connectivity index (χ4v) is 1.98. The van der Waals surface area contributed by atoms with Gasteiger partial charge in [0.05, 0.1) is 18.4 Å². The molecule has 0 amide bonds. The summed E-state index contributed by atoms with van der Waals surface area (Å²) in [6, 6.07) is 0. The van der Waals surface area contributed by atoms with Gasteiger partial charge in [0.2, 0.25) is 0 Å². The Bertz CT molecular complexity index is 269. The van der Waals surface area contributed by atoms with Gasteiger partial charge in [-0.15, -0.1) is 11.8 Å². The van der Waals surface area contributed by atoms with E-state index < -0.39 is 11.9 Å². The molecule has 5 heteroatoms. The van der Waals surface area contributed by atoms with Gasteiger partial charge in [-0.25, -0.2) is 4.79 Å². The van der Waals surface area contributed by atoms with Crippen molar-refractivity contribution >= 4 is 23.7 Å². The first kappa shape index (κ1) is 10.1. The number of thioether (sulfide) groups is 1. The molecule has 1 heterocycles. The SMILES string of the molecule is COC(=O)C1=C(OC(C)=O)CSC1. The van der Waals surface area contributed by atoms with Gasteiger partial charge >= 0.3 is 11.9 Å². The van der Waals surface area contributed by atoms with Crippen LogP contribution in [0.25, 0.3) is 0 Å². The molecular formula is C8H10O4S. The highest BCUT2D eigenvalue weighted by Crippen LogP contribution is 2.26. The highest BCUT2D eigenvalue weighted by atomic mass is 32.2. The summed E-state index contributed by atoms with van der Waals surface area (Å²) in [6.45, 7) is 1.31. The van der Waals surface area contributed by atoms with E-state index in [0.717, 1.165) is 0 Å². The van der Waals surface area contributed by atoms with Gasteiger partial charge in [-0.2, -0.15) is 0 Å². The van der Waals surface area contributed by atoms with Crippen LogP contribution >= 0.6 is 11.8 Å². The van der Waals surface area contributed by atoms with Crippen LogP contribution < -0.4 is 0 Å². The highest BCUT2D eigenvalue weighted by molar-refractivity contribution is 7.99. The number of carbonyl (C=O) groups is 2. The predicted octanol–water partition coefficient (Wildman–Crippen LogP) is 0.723. The lowest BCUT2D eigenvalue weighted by Gasteiger charge is -2.03. The van der Waals surface area contributed by atoms with Gasteiger partial charge in [-0.1, -0.05) is 0 Å². The van der Waals surface area contributed by atoms with E-state index in [4.69, 9.17) is 4.74 Å². The summed E-state index contributed by atoms with van der Waals surface area (Å²) in [5, 5.41) is 0. The minimum absolute atomic E-state index is 0.404. The average Bonchev–Trinajstić information content (AvgIpc) is 2.50. The maximum absolute atomic E-state index is 11.1. The number of esters is 2. The smallest absolute Gasteiger partial charge is 0.338 e. The summed E-state index contributed by atoms with van der Waals surface area (Å²) < 4.78 is 9.41. The van der Waals surface area contributed by atoms with Crippen molar-refractivity contribution in [3.8, 4) is 0 Å². The number of carbonyl (C=O) groups excluding carboxylic acids is 2. The highest BCUT2D eigenvalue weighted by Gasteiger charge is 2.24. The molecule has 1 aliphatic heterocycles. The molecule has 0 atom stereocenters. The topological polar surface area (TPSA) is 52.6 Å². The maximum Gasteiger partial charge on any atom is 0.338 e. The number of methoxy groups -OCH3 is 1. The molecule has 0 unspecified atom stereocenters. The minimum atomic E-state index is -0.416. The molecule has 4 nitrogen and oxygen atoms in total. The van der Waals surface area contributed by atoms with Crippen molar-refractivity contribution in [3.63, 3.8) is 0 Å². The summed E-state index contributed by atoms with van der Waals surface area (Å²) >= 11 is 1.52. The molecule has 0 radical (unpaired) electrons. The Labute approximate surface area is 80.3 Å². The quantitative estimate of drug-likeness (QED) is 0.618. The Kier molecular flexibility index (Phi) is 3.36. The molecule has 0 N–H and O–H groups in total. The molecule has 0 fully saturated rings. The van der Waals surface area contributed by atoms with Crippen molar-refractivity contribution in [3.05, 3.63) is 11.3 Å². The number of rotatable bonds is 2. The molecule has 0 saturated heterocycles. The molecule has 72 valence electrons. The zero-order valence-electron chi connectivity index (χ0n) is 7.46. The lowest BCUT2D eigenvalue weighted by molar-refractivity contribution is -0.137. The van der Waals surface area contributed by atoms with E-state index in [1.807, 2.05) is 0 Å². The van der Waals surface area contributed by atoms with Crippen LogP contribution in [0.3, 0.4) is 0 Å². The minimum Gasteiger partial charge on any atom is -0.466 e. The van der Waals surface area contributed by atoms with Crippen molar-refractivity contribution < 1.29 is 19.1 Å². The van der Waals surface area contributed by atoms with Crippen molar-refractivity contribution in [2.45, 2.75) is 6.92 Å². The van der Waals surface area contributed by atoms with Gasteiger partial charge in [0.15, 0.2) is 0 Å². The van der Waals surface area contributed by atoms with Gasteiger partial charge in [-0.05, 0) is 0 Å². The molecule has 0 aliphatic carbocycles. The molecule has 0 aromatic rings. The summed E-state index contributed by atoms with van der Waals surface area (Å²) in [6.07, 6.45) is 0. The molecule has 0 bridgehead atoms. The molecule has 0 saturated carbocycles. The van der Waals surface area contributed by atoms with Crippen LogP contribution in [0.1, 0.15) is 6.92 Å². The summed E-state index contributed by atoms with van der Waals surface area (Å²) in [4.78, 5) is 21.8. The third-order valence-corrected chi connectivity index (χ3v) is 2.47. The monoisotopic (exact) mass is 202 g/mol. The van der Waals surface area contributed by atoms with Crippen LogP contribution in [0, 0.1) is 0 Å². The van der Waals surface area contributed by atoms with Gasteiger partial charge in [0.1, 0.15) is 5.76 Å². The lowest BCUT2D eigenvalue weighted by atomic mass is 10.3. The first-order valence-electron chi connectivity index (χ1n) is 3.71. The third kappa shape index (κ3) is 2.48. The van der Waals surface area contributed by atoms with E-state index in [9.17, 15) is 9.59 Å². The Morgan fingerprint density at radius 3 is 2.62 bits per heavy atom. The molecule has 1 aliphatic rings. The Morgan fingerprint density at radius 1 is 1.38 bits per heavy atom. The van der Waals surface area contributed by atoms with E-state index in [2.05, 4.69) is 4.74 Å². The Morgan fingerprint density at radius 2 is 2.08 bits per heavy atom. The molecule has 0 spiro atoms. The second kappa shape index (κ2) is 4.32. The normalized spacial score (nSPS) is 15.8. The van der Waals surface area contributed by atoms with Crippen LogP contribution in [-0.4, -0.2) is 30.6 Å². The first-order chi connectivity index (χ1) is 6.15. The third-order valence-electron chi connectivity index (χ3n) is 1.51. The van der Waals surface area contributed by atoms with Gasteiger partial charge in [0, 0.05) is 12.7 Å². The van der Waals surface area contributed by atoms with E-state index in [-0.39, 0.29) is 0 Å². The van der Waals surface area contributed by atoms with Crippen LogP contribution in [0.5, 0.6) is 0 Å². The van der Waals surface area contributed by atoms with Crippen molar-refractivity contribution in [1.82, 2.24) is 0 Å². The molecule has 0 aromatic heterocycles. The average molecular weight is 202 g/mol. The number of hydrogen-bond donors (Lipinski definition) is 0. The lowest BCUT2D eigenvalue weighted by Crippen LogP contribution is -2.09. The molecule has 1 rings (SSSR count). The first-order valence-corrected chi connectivity index (χ1v) is 4.87. The molecule has 13 heavy (non-hydrogen) atoms. The Hall–Kier alpha value is -0.970. The van der Waals surface area contributed by atoms with Crippen molar-refractivity contribution in [2.75, 3.05) is 18.6 Å². The van der Waals surface area contributed by atoms with Gasteiger partial charge in [0.25, 0.3) is 0 Å². The van der Waals surface area contributed by atoms with E-state index in [0.29, 0.717) is 22.8 Å². The Balaban J connectivity index is 2.76. The van der Waals surface area contributed by atoms with Crippen LogP contribution in [0.2, 0.25) is 0 Å². The van der Waals surface area contributed by atoms with Crippen LogP contribution in [0.15, 0.2) is 11.3 Å². The summed E-state index contributed by atoms with van der Waals surface area (Å²) in [5.74, 6) is 0.726. The number of ether oxygens (including phenoxy) is 2.